The van der Waals surface area contributed by atoms with Gasteiger partial charge >= 0.3 is 0 Å². The molecule has 0 aromatic carbocycles. The minimum Gasteiger partial charge on any atom is -0.393 e. The molecule has 3 unspecified atom stereocenters. The Labute approximate surface area is 104 Å². The summed E-state index contributed by atoms with van der Waals surface area (Å²) in [7, 11) is 0. The van der Waals surface area contributed by atoms with Gasteiger partial charge in [-0.2, -0.15) is 0 Å². The highest BCUT2D eigenvalue weighted by Gasteiger charge is 2.24. The van der Waals surface area contributed by atoms with Crippen molar-refractivity contribution in [1.29, 1.82) is 0 Å². The lowest BCUT2D eigenvalue weighted by molar-refractivity contribution is -0.123. The molecule has 1 aliphatic carbocycles. The molecule has 0 bridgehead atoms. The average Bonchev–Trinajstić information content (AvgIpc) is 2.26. The van der Waals surface area contributed by atoms with E-state index < -0.39 is 0 Å². The third-order valence-corrected chi connectivity index (χ3v) is 3.38. The normalized spacial score (nSPS) is 26.9. The fourth-order valence-electron chi connectivity index (χ4n) is 2.26. The number of amides is 1. The second-order valence-corrected chi connectivity index (χ2v) is 5.41. The van der Waals surface area contributed by atoms with E-state index in [9.17, 15) is 9.90 Å². The summed E-state index contributed by atoms with van der Waals surface area (Å²) in [5, 5.41) is 15.9. The molecule has 0 spiro atoms. The monoisotopic (exact) mass is 242 g/mol. The smallest absolute Gasteiger partial charge is 0.237 e. The number of hydrogen-bond donors (Lipinski definition) is 3. The van der Waals surface area contributed by atoms with Crippen LogP contribution in [0.15, 0.2) is 0 Å². The molecule has 0 saturated heterocycles. The summed E-state index contributed by atoms with van der Waals surface area (Å²) in [5.41, 5.74) is 0. The molecule has 0 aromatic rings. The van der Waals surface area contributed by atoms with Crippen LogP contribution >= 0.6 is 0 Å². The Morgan fingerprint density at radius 2 is 1.94 bits per heavy atom. The van der Waals surface area contributed by atoms with E-state index in [0.29, 0.717) is 5.92 Å². The highest BCUT2D eigenvalue weighted by atomic mass is 16.3. The zero-order valence-corrected chi connectivity index (χ0v) is 11.2. The molecule has 17 heavy (non-hydrogen) atoms. The van der Waals surface area contributed by atoms with E-state index in [0.717, 1.165) is 25.8 Å². The summed E-state index contributed by atoms with van der Waals surface area (Å²) in [4.78, 5) is 11.7. The van der Waals surface area contributed by atoms with Crippen LogP contribution in [-0.2, 0) is 4.79 Å². The van der Waals surface area contributed by atoms with Crippen molar-refractivity contribution >= 4 is 5.91 Å². The molecule has 1 aliphatic rings. The van der Waals surface area contributed by atoms with Gasteiger partial charge < -0.3 is 15.7 Å². The molecule has 1 amide bonds. The number of aliphatic hydroxyl groups excluding tert-OH is 1. The second kappa shape index (κ2) is 6.97. The first-order valence-corrected chi connectivity index (χ1v) is 6.72. The highest BCUT2D eigenvalue weighted by molar-refractivity contribution is 5.81. The average molecular weight is 242 g/mol. The molecule has 100 valence electrons. The summed E-state index contributed by atoms with van der Waals surface area (Å²) in [6, 6.07) is -0.0152. The van der Waals surface area contributed by atoms with Crippen molar-refractivity contribution in [3.8, 4) is 0 Å². The maximum Gasteiger partial charge on any atom is 0.237 e. The minimum absolute atomic E-state index is 0.0327. The molecular weight excluding hydrogens is 216 g/mol. The second-order valence-electron chi connectivity index (χ2n) is 5.41. The topological polar surface area (TPSA) is 61.4 Å². The van der Waals surface area contributed by atoms with Crippen molar-refractivity contribution in [1.82, 2.24) is 10.6 Å². The zero-order valence-electron chi connectivity index (χ0n) is 11.2. The highest BCUT2D eigenvalue weighted by Crippen LogP contribution is 2.23. The third-order valence-electron chi connectivity index (χ3n) is 3.38. The van der Waals surface area contributed by atoms with Crippen LogP contribution in [0.4, 0.5) is 0 Å². The fraction of sp³-hybridized carbons (Fsp3) is 0.923. The molecule has 0 radical (unpaired) electrons. The predicted octanol–water partition coefficient (Wildman–Crippen LogP) is 1.04. The van der Waals surface area contributed by atoms with Crippen LogP contribution in [0, 0.1) is 5.92 Å². The molecule has 0 aliphatic heterocycles. The summed E-state index contributed by atoms with van der Waals surface area (Å²) in [6.45, 7) is 6.51. The lowest BCUT2D eigenvalue weighted by Gasteiger charge is -2.28. The maximum atomic E-state index is 11.7. The largest absolute Gasteiger partial charge is 0.393 e. The first-order valence-electron chi connectivity index (χ1n) is 6.72. The van der Waals surface area contributed by atoms with E-state index in [-0.39, 0.29) is 24.1 Å². The van der Waals surface area contributed by atoms with Gasteiger partial charge in [0.25, 0.3) is 0 Å². The van der Waals surface area contributed by atoms with Crippen molar-refractivity contribution in [2.45, 2.75) is 64.6 Å². The van der Waals surface area contributed by atoms with Gasteiger partial charge in [-0.15, -0.1) is 0 Å². The van der Waals surface area contributed by atoms with Gasteiger partial charge in [0.15, 0.2) is 0 Å². The number of carbonyl (C=O) groups excluding carboxylic acids is 1. The molecular formula is C13H26N2O2. The van der Waals surface area contributed by atoms with Gasteiger partial charge in [0.2, 0.25) is 5.91 Å². The fourth-order valence-corrected chi connectivity index (χ4v) is 2.26. The molecule has 4 heteroatoms. The Morgan fingerprint density at radius 3 is 2.53 bits per heavy atom. The van der Waals surface area contributed by atoms with Crippen molar-refractivity contribution < 1.29 is 9.90 Å². The lowest BCUT2D eigenvalue weighted by Crippen LogP contribution is -2.47. The molecule has 1 fully saturated rings. The SMILES string of the molecule is CC(C)NC(=O)C(C)NCC1CCCCC1O. The van der Waals surface area contributed by atoms with Gasteiger partial charge in [-0.1, -0.05) is 12.8 Å². The van der Waals surface area contributed by atoms with Gasteiger partial charge in [0.05, 0.1) is 12.1 Å². The Kier molecular flexibility index (Phi) is 5.92. The Balaban J connectivity index is 2.26. The number of aliphatic hydroxyl groups is 1. The maximum absolute atomic E-state index is 11.7. The Morgan fingerprint density at radius 1 is 1.29 bits per heavy atom. The lowest BCUT2D eigenvalue weighted by atomic mass is 9.86. The molecule has 3 N–H and O–H groups in total. The van der Waals surface area contributed by atoms with Crippen molar-refractivity contribution in [3.05, 3.63) is 0 Å². The number of rotatable bonds is 5. The van der Waals surface area contributed by atoms with Gasteiger partial charge in [0.1, 0.15) is 0 Å². The van der Waals surface area contributed by atoms with Crippen LogP contribution in [0.3, 0.4) is 0 Å². The van der Waals surface area contributed by atoms with Crippen LogP contribution in [0.1, 0.15) is 46.5 Å². The Hall–Kier alpha value is -0.610. The van der Waals surface area contributed by atoms with Gasteiger partial charge in [0, 0.05) is 12.6 Å². The summed E-state index contributed by atoms with van der Waals surface area (Å²) < 4.78 is 0. The molecule has 4 nitrogen and oxygen atoms in total. The van der Waals surface area contributed by atoms with Crippen molar-refractivity contribution in [3.63, 3.8) is 0 Å². The zero-order chi connectivity index (χ0) is 12.8. The van der Waals surface area contributed by atoms with Crippen molar-refractivity contribution in [2.75, 3.05) is 6.54 Å². The number of hydrogen-bond acceptors (Lipinski definition) is 3. The van der Waals surface area contributed by atoms with Crippen LogP contribution in [0.2, 0.25) is 0 Å². The molecule has 1 saturated carbocycles. The van der Waals surface area contributed by atoms with Crippen LogP contribution in [0.5, 0.6) is 0 Å². The summed E-state index contributed by atoms with van der Waals surface area (Å²) in [6.07, 6.45) is 4.08. The van der Waals surface area contributed by atoms with Crippen LogP contribution < -0.4 is 10.6 Å². The summed E-state index contributed by atoms with van der Waals surface area (Å²) in [5.74, 6) is 0.336. The minimum atomic E-state index is -0.198. The number of carbonyl (C=O) groups is 1. The third kappa shape index (κ3) is 5.04. The van der Waals surface area contributed by atoms with Gasteiger partial charge in [-0.25, -0.2) is 0 Å². The predicted molar refractivity (Wildman–Crippen MR) is 68.7 cm³/mol. The van der Waals surface area contributed by atoms with E-state index in [4.69, 9.17) is 0 Å². The van der Waals surface area contributed by atoms with Crippen LogP contribution in [0.25, 0.3) is 0 Å². The van der Waals surface area contributed by atoms with E-state index in [1.54, 1.807) is 0 Å². The molecule has 0 heterocycles. The van der Waals surface area contributed by atoms with Gasteiger partial charge in [-0.3, -0.25) is 4.79 Å². The molecule has 0 aromatic heterocycles. The standard InChI is InChI=1S/C13H26N2O2/c1-9(2)15-13(17)10(3)14-8-11-6-4-5-7-12(11)16/h9-12,14,16H,4-8H2,1-3H3,(H,15,17). The first-order chi connectivity index (χ1) is 8.00. The number of nitrogens with one attached hydrogen (secondary N) is 2. The van der Waals surface area contributed by atoms with E-state index >= 15 is 0 Å². The summed E-state index contributed by atoms with van der Waals surface area (Å²) >= 11 is 0. The van der Waals surface area contributed by atoms with E-state index in [2.05, 4.69) is 10.6 Å². The van der Waals surface area contributed by atoms with E-state index in [1.165, 1.54) is 6.42 Å². The van der Waals surface area contributed by atoms with Crippen molar-refractivity contribution in [2.24, 2.45) is 5.92 Å². The van der Waals surface area contributed by atoms with E-state index in [1.807, 2.05) is 20.8 Å². The quantitative estimate of drug-likeness (QED) is 0.675. The van der Waals surface area contributed by atoms with Crippen LogP contribution in [-0.4, -0.2) is 35.7 Å². The first kappa shape index (κ1) is 14.5. The van der Waals surface area contributed by atoms with Gasteiger partial charge in [-0.05, 0) is 39.5 Å². The Bertz CT molecular complexity index is 244. The molecule has 3 atom stereocenters. The molecule has 1 rings (SSSR count).